The lowest BCUT2D eigenvalue weighted by Crippen LogP contribution is -2.56. The molecule has 0 spiro atoms. The summed E-state index contributed by atoms with van der Waals surface area (Å²) >= 11 is 0. The van der Waals surface area contributed by atoms with Gasteiger partial charge in [-0.25, -0.2) is 9.78 Å². The highest BCUT2D eigenvalue weighted by atomic mass is 16.4. The molecule has 0 saturated heterocycles. The average molecular weight is 417 g/mol. The monoisotopic (exact) mass is 417 g/mol. The number of benzene rings is 1. The number of aromatic nitrogens is 2. The Morgan fingerprint density at radius 3 is 2.30 bits per heavy atom. The van der Waals surface area contributed by atoms with Gasteiger partial charge in [0.05, 0.1) is 18.1 Å². The van der Waals surface area contributed by atoms with Gasteiger partial charge in [0.2, 0.25) is 11.8 Å². The largest absolute Gasteiger partial charge is 0.508 e. The maximum Gasteiger partial charge on any atom is 0.326 e. The second kappa shape index (κ2) is 10.4. The van der Waals surface area contributed by atoms with Gasteiger partial charge in [-0.2, -0.15) is 0 Å². The molecule has 0 aliphatic carbocycles. The first-order valence-electron chi connectivity index (χ1n) is 9.52. The summed E-state index contributed by atoms with van der Waals surface area (Å²) in [4.78, 5) is 43.6. The van der Waals surface area contributed by atoms with Crippen LogP contribution in [0.3, 0.4) is 0 Å². The Balaban J connectivity index is 2.14. The number of imidazole rings is 1. The Hall–Kier alpha value is -3.40. The van der Waals surface area contributed by atoms with Crippen molar-refractivity contribution in [3.05, 3.63) is 48.0 Å². The Bertz CT molecular complexity index is 851. The summed E-state index contributed by atoms with van der Waals surface area (Å²) in [5.74, 6) is -2.64. The number of carbonyl (C=O) groups excluding carboxylic acids is 2. The van der Waals surface area contributed by atoms with E-state index in [1.54, 1.807) is 32.2 Å². The molecule has 1 heterocycles. The van der Waals surface area contributed by atoms with E-state index in [2.05, 4.69) is 20.6 Å². The highest BCUT2D eigenvalue weighted by molar-refractivity contribution is 5.92. The molecule has 1 aromatic carbocycles. The van der Waals surface area contributed by atoms with Crippen molar-refractivity contribution in [2.45, 2.75) is 44.8 Å². The highest BCUT2D eigenvalue weighted by Crippen LogP contribution is 2.12. The highest BCUT2D eigenvalue weighted by Gasteiger charge is 2.29. The van der Waals surface area contributed by atoms with Crippen LogP contribution in [0.1, 0.15) is 25.1 Å². The fraction of sp³-hybridized carbons (Fsp3) is 0.400. The third kappa shape index (κ3) is 6.59. The molecule has 0 aliphatic rings. The number of carboxylic acids is 1. The van der Waals surface area contributed by atoms with E-state index in [4.69, 9.17) is 5.73 Å². The maximum atomic E-state index is 12.8. The number of aromatic hydroxyl groups is 1. The first-order chi connectivity index (χ1) is 14.2. The standard InChI is InChI=1S/C20H27N5O5/c1-11(2)17(20(29)30)25-19(28)16(7-12-3-5-14(26)6-4-12)24-18(27)15(21)8-13-9-22-10-23-13/h3-6,9-11,15-17,26H,7-8,21H2,1-2H3,(H,22,23)(H,24,27)(H,25,28)(H,29,30)/t15-,16-,17-/m0/s1. The third-order valence-corrected chi connectivity index (χ3v) is 4.56. The molecule has 10 heteroatoms. The van der Waals surface area contributed by atoms with Gasteiger partial charge in [0.25, 0.3) is 0 Å². The van der Waals surface area contributed by atoms with Crippen LogP contribution in [-0.4, -0.2) is 56.1 Å². The van der Waals surface area contributed by atoms with Crippen molar-refractivity contribution in [3.63, 3.8) is 0 Å². The Labute approximate surface area is 173 Å². The van der Waals surface area contributed by atoms with Crippen molar-refractivity contribution in [1.29, 1.82) is 0 Å². The zero-order valence-corrected chi connectivity index (χ0v) is 16.8. The van der Waals surface area contributed by atoms with Crippen molar-refractivity contribution >= 4 is 17.8 Å². The number of hydrogen-bond acceptors (Lipinski definition) is 6. The number of carbonyl (C=O) groups is 3. The molecule has 0 radical (unpaired) electrons. The number of phenols is 1. The molecule has 0 fully saturated rings. The number of H-pyrrole nitrogens is 1. The number of amides is 2. The predicted octanol–water partition coefficient (Wildman–Crippen LogP) is -0.0620. The van der Waals surface area contributed by atoms with Crippen LogP contribution in [0.2, 0.25) is 0 Å². The van der Waals surface area contributed by atoms with E-state index < -0.39 is 35.9 Å². The second-order valence-electron chi connectivity index (χ2n) is 7.37. The number of hydrogen-bond donors (Lipinski definition) is 6. The molecule has 10 nitrogen and oxygen atoms in total. The molecule has 7 N–H and O–H groups in total. The minimum atomic E-state index is -1.16. The number of rotatable bonds is 10. The van der Waals surface area contributed by atoms with Crippen molar-refractivity contribution < 1.29 is 24.6 Å². The van der Waals surface area contributed by atoms with Gasteiger partial charge in [0, 0.05) is 19.0 Å². The molecule has 30 heavy (non-hydrogen) atoms. The van der Waals surface area contributed by atoms with Crippen LogP contribution in [0, 0.1) is 5.92 Å². The van der Waals surface area contributed by atoms with Crippen LogP contribution in [-0.2, 0) is 27.2 Å². The van der Waals surface area contributed by atoms with Crippen molar-refractivity contribution in [3.8, 4) is 5.75 Å². The van der Waals surface area contributed by atoms with Gasteiger partial charge in [0.1, 0.15) is 17.8 Å². The van der Waals surface area contributed by atoms with E-state index in [1.807, 2.05) is 0 Å². The van der Waals surface area contributed by atoms with E-state index in [9.17, 15) is 24.6 Å². The van der Waals surface area contributed by atoms with Gasteiger partial charge in [0.15, 0.2) is 0 Å². The summed E-state index contributed by atoms with van der Waals surface area (Å²) in [6.45, 7) is 3.35. The molecule has 0 bridgehead atoms. The van der Waals surface area contributed by atoms with Crippen molar-refractivity contribution in [1.82, 2.24) is 20.6 Å². The molecule has 1 aromatic heterocycles. The summed E-state index contributed by atoms with van der Waals surface area (Å²) in [6, 6.07) is 3.06. The van der Waals surface area contributed by atoms with E-state index in [0.29, 0.717) is 11.3 Å². The van der Waals surface area contributed by atoms with Gasteiger partial charge < -0.3 is 31.6 Å². The van der Waals surface area contributed by atoms with Gasteiger partial charge in [-0.1, -0.05) is 26.0 Å². The normalized spacial score (nSPS) is 14.0. The zero-order valence-electron chi connectivity index (χ0n) is 16.8. The molecule has 2 aromatic rings. The van der Waals surface area contributed by atoms with Crippen LogP contribution in [0.4, 0.5) is 0 Å². The molecule has 0 saturated carbocycles. The van der Waals surface area contributed by atoms with Crippen LogP contribution in [0.5, 0.6) is 5.75 Å². The molecule has 0 aliphatic heterocycles. The summed E-state index contributed by atoms with van der Waals surface area (Å²) < 4.78 is 0. The molecule has 3 atom stereocenters. The molecular formula is C20H27N5O5. The number of phenolic OH excluding ortho intramolecular Hbond substituents is 1. The third-order valence-electron chi connectivity index (χ3n) is 4.56. The summed E-state index contributed by atoms with van der Waals surface area (Å²) in [7, 11) is 0. The van der Waals surface area contributed by atoms with E-state index in [0.717, 1.165) is 0 Å². The fourth-order valence-electron chi connectivity index (χ4n) is 2.84. The lowest BCUT2D eigenvalue weighted by molar-refractivity contribution is -0.143. The SMILES string of the molecule is CC(C)[C@H](NC(=O)[C@H](Cc1ccc(O)cc1)NC(=O)[C@@H](N)Cc1c[nH]cn1)C(=O)O. The lowest BCUT2D eigenvalue weighted by Gasteiger charge is -2.24. The Morgan fingerprint density at radius 1 is 1.10 bits per heavy atom. The Morgan fingerprint density at radius 2 is 1.77 bits per heavy atom. The van der Waals surface area contributed by atoms with Crippen LogP contribution >= 0.6 is 0 Å². The number of aromatic amines is 1. The topological polar surface area (TPSA) is 170 Å². The summed E-state index contributed by atoms with van der Waals surface area (Å²) in [5, 5.41) is 23.9. The summed E-state index contributed by atoms with van der Waals surface area (Å²) in [6.07, 6.45) is 3.36. The van der Waals surface area contributed by atoms with Gasteiger partial charge in [-0.05, 0) is 23.6 Å². The predicted molar refractivity (Wildman–Crippen MR) is 108 cm³/mol. The quantitative estimate of drug-likeness (QED) is 0.314. The van der Waals surface area contributed by atoms with Crippen LogP contribution in [0.25, 0.3) is 0 Å². The second-order valence-corrected chi connectivity index (χ2v) is 7.37. The van der Waals surface area contributed by atoms with E-state index in [1.165, 1.54) is 18.5 Å². The van der Waals surface area contributed by atoms with Crippen molar-refractivity contribution in [2.24, 2.45) is 11.7 Å². The van der Waals surface area contributed by atoms with Crippen LogP contribution in [0.15, 0.2) is 36.8 Å². The Kier molecular flexibility index (Phi) is 7.93. The maximum absolute atomic E-state index is 12.8. The zero-order chi connectivity index (χ0) is 22.3. The van der Waals surface area contributed by atoms with Gasteiger partial charge >= 0.3 is 5.97 Å². The average Bonchev–Trinajstić information content (AvgIpc) is 3.19. The number of carboxylic acid groups (broad SMARTS) is 1. The lowest BCUT2D eigenvalue weighted by atomic mass is 10.0. The fourth-order valence-corrected chi connectivity index (χ4v) is 2.84. The van der Waals surface area contributed by atoms with Gasteiger partial charge in [-0.15, -0.1) is 0 Å². The first kappa shape index (κ1) is 22.9. The van der Waals surface area contributed by atoms with Gasteiger partial charge in [-0.3, -0.25) is 9.59 Å². The molecular weight excluding hydrogens is 390 g/mol. The van der Waals surface area contributed by atoms with E-state index >= 15 is 0 Å². The first-order valence-corrected chi connectivity index (χ1v) is 9.52. The summed E-state index contributed by atoms with van der Waals surface area (Å²) in [5.41, 5.74) is 7.21. The van der Waals surface area contributed by atoms with Crippen molar-refractivity contribution in [2.75, 3.05) is 0 Å². The number of nitrogens with zero attached hydrogens (tertiary/aromatic N) is 1. The van der Waals surface area contributed by atoms with Crippen LogP contribution < -0.4 is 16.4 Å². The minimum Gasteiger partial charge on any atom is -0.508 e. The van der Waals surface area contributed by atoms with E-state index in [-0.39, 0.29) is 24.5 Å². The molecule has 2 amide bonds. The number of nitrogens with one attached hydrogen (secondary N) is 3. The minimum absolute atomic E-state index is 0.0653. The molecule has 162 valence electrons. The number of aliphatic carboxylic acids is 1. The number of nitrogens with two attached hydrogens (primary N) is 1. The molecule has 2 rings (SSSR count). The molecule has 0 unspecified atom stereocenters. The smallest absolute Gasteiger partial charge is 0.326 e.